The lowest BCUT2D eigenvalue weighted by Gasteiger charge is -2.33. The van der Waals surface area contributed by atoms with Crippen molar-refractivity contribution in [1.82, 2.24) is 10.6 Å². The Morgan fingerprint density at radius 3 is 2.61 bits per heavy atom. The summed E-state index contributed by atoms with van der Waals surface area (Å²) in [5.41, 5.74) is 0.131. The fourth-order valence-corrected chi connectivity index (χ4v) is 5.45. The molecule has 2 aliphatic rings. The smallest absolute Gasteiger partial charge is 0.152 e. The third-order valence-electron chi connectivity index (χ3n) is 4.51. The molecule has 0 saturated carbocycles. The van der Waals surface area contributed by atoms with Crippen LogP contribution in [-0.4, -0.2) is 45.1 Å². The molecule has 0 aromatic heterocycles. The maximum Gasteiger partial charge on any atom is 0.152 e. The van der Waals surface area contributed by atoms with Crippen LogP contribution in [0.4, 0.5) is 0 Å². The predicted molar refractivity (Wildman–Crippen MR) is 74.5 cm³/mol. The van der Waals surface area contributed by atoms with Gasteiger partial charge in [-0.15, -0.1) is 0 Å². The Morgan fingerprint density at radius 1 is 1.33 bits per heavy atom. The van der Waals surface area contributed by atoms with Crippen LogP contribution in [0.2, 0.25) is 0 Å². The van der Waals surface area contributed by atoms with Crippen molar-refractivity contribution < 1.29 is 8.42 Å². The summed E-state index contributed by atoms with van der Waals surface area (Å²) in [6.07, 6.45) is 4.37. The van der Waals surface area contributed by atoms with E-state index in [1.54, 1.807) is 0 Å². The lowest BCUT2D eigenvalue weighted by atomic mass is 9.81. The second-order valence-corrected chi connectivity index (χ2v) is 8.62. The van der Waals surface area contributed by atoms with E-state index in [4.69, 9.17) is 0 Å². The molecule has 2 rings (SSSR count). The van der Waals surface area contributed by atoms with Crippen molar-refractivity contribution in [3.8, 4) is 0 Å². The molecular weight excluding hydrogens is 248 g/mol. The van der Waals surface area contributed by atoms with E-state index in [2.05, 4.69) is 24.5 Å². The van der Waals surface area contributed by atoms with Gasteiger partial charge in [0.15, 0.2) is 9.84 Å². The average Bonchev–Trinajstić information content (AvgIpc) is 2.84. The molecule has 5 heteroatoms. The van der Waals surface area contributed by atoms with Crippen LogP contribution in [0.3, 0.4) is 0 Å². The van der Waals surface area contributed by atoms with Gasteiger partial charge in [0.1, 0.15) is 0 Å². The van der Waals surface area contributed by atoms with Gasteiger partial charge in [0.05, 0.1) is 11.5 Å². The molecule has 18 heavy (non-hydrogen) atoms. The van der Waals surface area contributed by atoms with Crippen molar-refractivity contribution in [2.24, 2.45) is 5.41 Å². The minimum absolute atomic E-state index is 0.206. The largest absolute Gasteiger partial charge is 0.316 e. The zero-order chi connectivity index (χ0) is 13.3. The van der Waals surface area contributed by atoms with E-state index in [0.717, 1.165) is 26.1 Å². The van der Waals surface area contributed by atoms with E-state index >= 15 is 0 Å². The predicted octanol–water partition coefficient (Wildman–Crippen LogP) is 0.933. The van der Waals surface area contributed by atoms with Crippen molar-refractivity contribution in [2.45, 2.75) is 45.1 Å². The Balaban J connectivity index is 1.94. The van der Waals surface area contributed by atoms with Crippen LogP contribution < -0.4 is 10.6 Å². The number of hydrogen-bond donors (Lipinski definition) is 2. The summed E-state index contributed by atoms with van der Waals surface area (Å²) in [5, 5.41) is 7.01. The second kappa shape index (κ2) is 5.10. The summed E-state index contributed by atoms with van der Waals surface area (Å²) >= 11 is 0. The molecule has 2 fully saturated rings. The fourth-order valence-electron chi connectivity index (χ4n) is 3.33. The summed E-state index contributed by atoms with van der Waals surface area (Å²) in [6, 6.07) is 0. The zero-order valence-electron chi connectivity index (χ0n) is 11.6. The zero-order valence-corrected chi connectivity index (χ0v) is 12.4. The Morgan fingerprint density at radius 2 is 2.11 bits per heavy atom. The van der Waals surface area contributed by atoms with Crippen molar-refractivity contribution in [2.75, 3.05) is 31.1 Å². The van der Waals surface area contributed by atoms with Gasteiger partial charge in [0, 0.05) is 18.6 Å². The number of sulfone groups is 1. The molecule has 106 valence electrons. The monoisotopic (exact) mass is 274 g/mol. The summed E-state index contributed by atoms with van der Waals surface area (Å²) in [6.45, 7) is 7.38. The van der Waals surface area contributed by atoms with Crippen LogP contribution >= 0.6 is 0 Å². The Kier molecular flexibility index (Phi) is 4.04. The van der Waals surface area contributed by atoms with Gasteiger partial charge in [-0.2, -0.15) is 0 Å². The molecule has 0 aromatic rings. The van der Waals surface area contributed by atoms with Crippen molar-refractivity contribution in [1.29, 1.82) is 0 Å². The molecule has 2 atom stereocenters. The second-order valence-electron chi connectivity index (χ2n) is 6.43. The van der Waals surface area contributed by atoms with Crippen molar-refractivity contribution in [3.63, 3.8) is 0 Å². The first-order valence-corrected chi connectivity index (χ1v) is 8.87. The summed E-state index contributed by atoms with van der Waals surface area (Å²) in [4.78, 5) is 0. The minimum atomic E-state index is -2.81. The molecular formula is C13H26N2O2S. The minimum Gasteiger partial charge on any atom is -0.316 e. The van der Waals surface area contributed by atoms with Gasteiger partial charge in [0.25, 0.3) is 0 Å². The highest BCUT2D eigenvalue weighted by Crippen LogP contribution is 2.32. The van der Waals surface area contributed by atoms with Crippen LogP contribution in [-0.2, 0) is 9.84 Å². The summed E-state index contributed by atoms with van der Waals surface area (Å²) in [5.74, 6) is 0.644. The van der Waals surface area contributed by atoms with Gasteiger partial charge in [0.2, 0.25) is 0 Å². The van der Waals surface area contributed by atoms with E-state index in [-0.39, 0.29) is 5.54 Å². The molecule has 0 radical (unpaired) electrons. The highest BCUT2D eigenvalue weighted by molar-refractivity contribution is 7.91. The number of nitrogens with one attached hydrogen (secondary N) is 2. The maximum atomic E-state index is 11.6. The standard InChI is InChI=1S/C13H26N2O2S/c1-3-4-13(5-7-14-9-13)10-15-12(2)6-8-18(16,17)11-12/h14-15H,3-11H2,1-2H3. The SMILES string of the molecule is CCCC1(CNC2(C)CCS(=O)(=O)C2)CCNC1. The van der Waals surface area contributed by atoms with Gasteiger partial charge < -0.3 is 10.6 Å². The van der Waals surface area contributed by atoms with Crippen LogP contribution in [0.5, 0.6) is 0 Å². The highest BCUT2D eigenvalue weighted by Gasteiger charge is 2.41. The van der Waals surface area contributed by atoms with Crippen LogP contribution in [0.15, 0.2) is 0 Å². The van der Waals surface area contributed by atoms with Gasteiger partial charge in [-0.05, 0) is 38.1 Å². The van der Waals surface area contributed by atoms with Crippen LogP contribution in [0, 0.1) is 5.41 Å². The van der Waals surface area contributed by atoms with Gasteiger partial charge in [-0.3, -0.25) is 0 Å². The van der Waals surface area contributed by atoms with Gasteiger partial charge >= 0.3 is 0 Å². The van der Waals surface area contributed by atoms with Crippen molar-refractivity contribution >= 4 is 9.84 Å². The molecule has 0 aromatic carbocycles. The Hall–Kier alpha value is -0.130. The molecule has 0 aliphatic carbocycles. The third kappa shape index (κ3) is 3.25. The average molecular weight is 274 g/mol. The van der Waals surface area contributed by atoms with Crippen LogP contribution in [0.1, 0.15) is 39.5 Å². The highest BCUT2D eigenvalue weighted by atomic mass is 32.2. The topological polar surface area (TPSA) is 58.2 Å². The Labute approximate surface area is 111 Å². The molecule has 2 unspecified atom stereocenters. The van der Waals surface area contributed by atoms with E-state index in [9.17, 15) is 8.42 Å². The number of rotatable bonds is 5. The van der Waals surface area contributed by atoms with Crippen LogP contribution in [0.25, 0.3) is 0 Å². The van der Waals surface area contributed by atoms with Gasteiger partial charge in [-0.25, -0.2) is 8.42 Å². The first kappa shape index (κ1) is 14.3. The Bertz CT molecular complexity index is 388. The first-order chi connectivity index (χ1) is 8.39. The fraction of sp³-hybridized carbons (Fsp3) is 1.00. The molecule has 0 bridgehead atoms. The molecule has 2 aliphatic heterocycles. The van der Waals surface area contributed by atoms with E-state index in [0.29, 0.717) is 16.9 Å². The quantitative estimate of drug-likeness (QED) is 0.783. The molecule has 2 saturated heterocycles. The summed E-state index contributed by atoms with van der Waals surface area (Å²) < 4.78 is 23.2. The van der Waals surface area contributed by atoms with E-state index < -0.39 is 9.84 Å². The number of hydrogen-bond acceptors (Lipinski definition) is 4. The molecule has 4 nitrogen and oxygen atoms in total. The maximum absolute atomic E-state index is 11.6. The molecule has 0 spiro atoms. The normalized spacial score (nSPS) is 39.2. The van der Waals surface area contributed by atoms with Gasteiger partial charge in [-0.1, -0.05) is 13.3 Å². The van der Waals surface area contributed by atoms with Crippen molar-refractivity contribution in [3.05, 3.63) is 0 Å². The van der Waals surface area contributed by atoms with E-state index in [1.165, 1.54) is 19.3 Å². The van der Waals surface area contributed by atoms with E-state index in [1.807, 2.05) is 0 Å². The first-order valence-electron chi connectivity index (χ1n) is 7.05. The third-order valence-corrected chi connectivity index (χ3v) is 6.41. The molecule has 2 N–H and O–H groups in total. The lowest BCUT2D eigenvalue weighted by molar-refractivity contribution is 0.240. The lowest BCUT2D eigenvalue weighted by Crippen LogP contribution is -2.49. The summed E-state index contributed by atoms with van der Waals surface area (Å²) in [7, 11) is -2.81. The molecule has 0 amide bonds. The molecule has 2 heterocycles.